The molecule has 3 rings (SSSR count). The van der Waals surface area contributed by atoms with E-state index in [4.69, 9.17) is 4.74 Å². The predicted molar refractivity (Wildman–Crippen MR) is 106 cm³/mol. The van der Waals surface area contributed by atoms with Gasteiger partial charge in [0.25, 0.3) is 0 Å². The number of benzene rings is 2. The summed E-state index contributed by atoms with van der Waals surface area (Å²) in [6.45, 7) is 4.39. The molecule has 2 aromatic carbocycles. The summed E-state index contributed by atoms with van der Waals surface area (Å²) in [7, 11) is -3.34. The molecule has 1 N–H and O–H groups in total. The lowest BCUT2D eigenvalue weighted by Gasteiger charge is -2.33. The Morgan fingerprint density at radius 3 is 2.52 bits per heavy atom. The third-order valence-electron chi connectivity index (χ3n) is 4.99. The molecule has 0 aromatic heterocycles. The van der Waals surface area contributed by atoms with Crippen LogP contribution in [-0.4, -0.2) is 32.9 Å². The van der Waals surface area contributed by atoms with Crippen molar-refractivity contribution in [1.29, 1.82) is 5.26 Å². The number of nitriles is 1. The van der Waals surface area contributed by atoms with Crippen molar-refractivity contribution < 1.29 is 13.2 Å². The summed E-state index contributed by atoms with van der Waals surface area (Å²) in [6.07, 6.45) is 0.648. The Bertz CT molecular complexity index is 931. The fourth-order valence-electron chi connectivity index (χ4n) is 3.30. The van der Waals surface area contributed by atoms with Gasteiger partial charge in [0.2, 0.25) is 10.0 Å². The van der Waals surface area contributed by atoms with Gasteiger partial charge in [-0.15, -0.1) is 0 Å². The summed E-state index contributed by atoms with van der Waals surface area (Å²) >= 11 is 0. The van der Waals surface area contributed by atoms with E-state index in [-0.39, 0.29) is 12.0 Å². The third-order valence-corrected chi connectivity index (χ3v) is 6.86. The van der Waals surface area contributed by atoms with Gasteiger partial charge >= 0.3 is 0 Å². The molecular weight excluding hydrogens is 360 g/mol. The summed E-state index contributed by atoms with van der Waals surface area (Å²) in [4.78, 5) is 0. The van der Waals surface area contributed by atoms with Crippen LogP contribution < -0.4 is 4.72 Å². The Kier molecular flexibility index (Phi) is 5.95. The molecule has 0 aliphatic carbocycles. The summed E-state index contributed by atoms with van der Waals surface area (Å²) in [5, 5.41) is 8.83. The van der Waals surface area contributed by atoms with Gasteiger partial charge in [0, 0.05) is 18.6 Å². The van der Waals surface area contributed by atoms with Crippen LogP contribution in [0.1, 0.15) is 37.3 Å². The van der Waals surface area contributed by atoms with Gasteiger partial charge in [-0.3, -0.25) is 0 Å². The zero-order chi connectivity index (χ0) is 19.4. The molecule has 142 valence electrons. The van der Waals surface area contributed by atoms with Gasteiger partial charge in [0.05, 0.1) is 23.5 Å². The summed E-state index contributed by atoms with van der Waals surface area (Å²) in [5.74, 6) is -0.0347. The van der Waals surface area contributed by atoms with Crippen LogP contribution in [0.2, 0.25) is 0 Å². The molecule has 0 spiro atoms. The van der Waals surface area contributed by atoms with Crippen LogP contribution in [0.25, 0.3) is 11.1 Å². The van der Waals surface area contributed by atoms with Crippen LogP contribution in [0.3, 0.4) is 0 Å². The molecule has 6 heteroatoms. The van der Waals surface area contributed by atoms with Gasteiger partial charge in [-0.2, -0.15) is 5.26 Å². The standard InChI is InChI=1S/C21H24N2O3S/c1-15(2)27(24,25)23-21-11-12-26-14-20(21)17-9-7-16(8-10-17)19-6-4-3-5-18(19)13-22/h3-10,15,20-21,23H,11-12,14H2,1-2H3/t20-,21+/m0/s1. The Balaban J connectivity index is 1.85. The van der Waals surface area contributed by atoms with Crippen molar-refractivity contribution >= 4 is 10.0 Å². The van der Waals surface area contributed by atoms with Crippen LogP contribution in [0, 0.1) is 11.3 Å². The highest BCUT2D eigenvalue weighted by Crippen LogP contribution is 2.30. The number of nitrogens with zero attached hydrogens (tertiary/aromatic N) is 1. The molecule has 0 amide bonds. The van der Waals surface area contributed by atoms with E-state index in [2.05, 4.69) is 10.8 Å². The minimum Gasteiger partial charge on any atom is -0.381 e. The van der Waals surface area contributed by atoms with E-state index in [1.807, 2.05) is 42.5 Å². The first-order valence-electron chi connectivity index (χ1n) is 9.10. The summed E-state index contributed by atoms with van der Waals surface area (Å²) in [6, 6.07) is 17.5. The molecule has 0 unspecified atom stereocenters. The third kappa shape index (κ3) is 4.38. The van der Waals surface area contributed by atoms with Crippen molar-refractivity contribution in [2.45, 2.75) is 37.5 Å². The molecule has 1 heterocycles. The highest BCUT2D eigenvalue weighted by molar-refractivity contribution is 7.90. The van der Waals surface area contributed by atoms with Crippen LogP contribution >= 0.6 is 0 Å². The smallest absolute Gasteiger partial charge is 0.214 e. The van der Waals surface area contributed by atoms with Crippen LogP contribution in [0.15, 0.2) is 48.5 Å². The quantitative estimate of drug-likeness (QED) is 0.857. The zero-order valence-corrected chi connectivity index (χ0v) is 16.4. The average molecular weight is 385 g/mol. The lowest BCUT2D eigenvalue weighted by Crippen LogP contribution is -2.46. The molecule has 27 heavy (non-hydrogen) atoms. The Morgan fingerprint density at radius 1 is 1.15 bits per heavy atom. The van der Waals surface area contributed by atoms with Crippen molar-refractivity contribution in [3.8, 4) is 17.2 Å². The second-order valence-corrected chi connectivity index (χ2v) is 9.34. The number of hydrogen-bond donors (Lipinski definition) is 1. The normalized spacial score (nSPS) is 20.4. The zero-order valence-electron chi connectivity index (χ0n) is 15.6. The number of rotatable bonds is 5. The van der Waals surface area contributed by atoms with Gasteiger partial charge in [0.1, 0.15) is 0 Å². The van der Waals surface area contributed by atoms with Crippen molar-refractivity contribution in [2.24, 2.45) is 0 Å². The highest BCUT2D eigenvalue weighted by atomic mass is 32.2. The van der Waals surface area contributed by atoms with Gasteiger partial charge in [-0.1, -0.05) is 42.5 Å². The largest absolute Gasteiger partial charge is 0.381 e. The lowest BCUT2D eigenvalue weighted by molar-refractivity contribution is 0.0653. The Hall–Kier alpha value is -2.20. The van der Waals surface area contributed by atoms with Gasteiger partial charge < -0.3 is 4.74 Å². The first kappa shape index (κ1) is 19.6. The van der Waals surface area contributed by atoms with Gasteiger partial charge in [0.15, 0.2) is 0 Å². The summed E-state index contributed by atoms with van der Waals surface area (Å²) < 4.78 is 33.1. The van der Waals surface area contributed by atoms with Gasteiger partial charge in [-0.05, 0) is 43.0 Å². The molecule has 2 aromatic rings. The van der Waals surface area contributed by atoms with E-state index >= 15 is 0 Å². The maximum absolute atomic E-state index is 12.3. The molecule has 5 nitrogen and oxygen atoms in total. The van der Waals surface area contributed by atoms with Crippen molar-refractivity contribution in [2.75, 3.05) is 13.2 Å². The number of ether oxygens (including phenoxy) is 1. The molecule has 2 atom stereocenters. The van der Waals surface area contributed by atoms with Crippen molar-refractivity contribution in [3.63, 3.8) is 0 Å². The van der Waals surface area contributed by atoms with E-state index in [1.54, 1.807) is 19.9 Å². The van der Waals surface area contributed by atoms with Crippen LogP contribution in [0.5, 0.6) is 0 Å². The van der Waals surface area contributed by atoms with E-state index in [0.29, 0.717) is 25.2 Å². The maximum atomic E-state index is 12.3. The fourth-order valence-corrected chi connectivity index (χ4v) is 4.27. The molecule has 0 saturated carbocycles. The number of hydrogen-bond acceptors (Lipinski definition) is 4. The molecule has 1 aliphatic heterocycles. The monoisotopic (exact) mass is 384 g/mol. The van der Waals surface area contributed by atoms with E-state index in [9.17, 15) is 13.7 Å². The first-order valence-corrected chi connectivity index (χ1v) is 10.7. The Labute approximate surface area is 161 Å². The molecular formula is C21H24N2O3S. The summed E-state index contributed by atoms with van der Waals surface area (Å²) in [5.41, 5.74) is 3.52. The van der Waals surface area contributed by atoms with E-state index in [1.165, 1.54) is 0 Å². The van der Waals surface area contributed by atoms with Crippen molar-refractivity contribution in [1.82, 2.24) is 4.72 Å². The molecule has 0 radical (unpaired) electrons. The number of nitrogens with one attached hydrogen (secondary N) is 1. The predicted octanol–water partition coefficient (Wildman–Crippen LogP) is 3.43. The first-order chi connectivity index (χ1) is 12.9. The SMILES string of the molecule is CC(C)S(=O)(=O)N[C@@H]1CCOC[C@H]1c1ccc(-c2ccccc2C#N)cc1. The maximum Gasteiger partial charge on any atom is 0.214 e. The molecule has 1 fully saturated rings. The van der Waals surface area contributed by atoms with Crippen LogP contribution in [-0.2, 0) is 14.8 Å². The average Bonchev–Trinajstić information content (AvgIpc) is 2.68. The second-order valence-electron chi connectivity index (χ2n) is 7.07. The van der Waals surface area contributed by atoms with E-state index < -0.39 is 15.3 Å². The topological polar surface area (TPSA) is 79.2 Å². The number of sulfonamides is 1. The molecule has 1 saturated heterocycles. The Morgan fingerprint density at radius 2 is 1.85 bits per heavy atom. The lowest BCUT2D eigenvalue weighted by atomic mass is 9.88. The highest BCUT2D eigenvalue weighted by Gasteiger charge is 2.31. The minimum absolute atomic E-state index is 0.0347. The van der Waals surface area contributed by atoms with Crippen molar-refractivity contribution in [3.05, 3.63) is 59.7 Å². The molecule has 0 bridgehead atoms. The second kappa shape index (κ2) is 8.22. The fraction of sp³-hybridized carbons (Fsp3) is 0.381. The minimum atomic E-state index is -3.34. The van der Waals surface area contributed by atoms with Crippen LogP contribution in [0.4, 0.5) is 0 Å². The van der Waals surface area contributed by atoms with E-state index in [0.717, 1.165) is 16.7 Å². The molecule has 1 aliphatic rings. The van der Waals surface area contributed by atoms with Gasteiger partial charge in [-0.25, -0.2) is 13.1 Å².